The second kappa shape index (κ2) is 8.77. The quantitative estimate of drug-likeness (QED) is 0.593. The lowest BCUT2D eigenvalue weighted by Gasteiger charge is -2.13. The lowest BCUT2D eigenvalue weighted by molar-refractivity contribution is 0.0992. The molecule has 3 rings (SSSR count). The summed E-state index contributed by atoms with van der Waals surface area (Å²) in [7, 11) is 0. The minimum atomic E-state index is -0.567. The van der Waals surface area contributed by atoms with Gasteiger partial charge in [0.1, 0.15) is 0 Å². The summed E-state index contributed by atoms with van der Waals surface area (Å²) < 4.78 is 10.4. The standard InChI is InChI=1S/C19H15Cl2N3O4/c1-2-27-16-8-6-12(21)17(24-16)19(26)22-13-7-5-11(20)10-14(13)23-18(25)15-4-3-9-28-15/h3-10H,2H2,1H3,(H,22,26)(H,23,25). The zero-order chi connectivity index (χ0) is 20.1. The number of pyridine rings is 1. The Morgan fingerprint density at radius 3 is 2.57 bits per heavy atom. The van der Waals surface area contributed by atoms with Crippen molar-refractivity contribution in [3.05, 3.63) is 70.2 Å². The van der Waals surface area contributed by atoms with Crippen LogP contribution in [0.5, 0.6) is 5.88 Å². The molecule has 7 nitrogen and oxygen atoms in total. The maximum absolute atomic E-state index is 12.7. The van der Waals surface area contributed by atoms with E-state index in [1.54, 1.807) is 31.2 Å². The van der Waals surface area contributed by atoms with Gasteiger partial charge in [0.2, 0.25) is 5.88 Å². The van der Waals surface area contributed by atoms with Gasteiger partial charge in [-0.05, 0) is 43.3 Å². The van der Waals surface area contributed by atoms with Crippen LogP contribution in [-0.4, -0.2) is 23.4 Å². The van der Waals surface area contributed by atoms with Gasteiger partial charge < -0.3 is 19.8 Å². The van der Waals surface area contributed by atoms with Crippen LogP contribution in [-0.2, 0) is 0 Å². The number of nitrogens with one attached hydrogen (secondary N) is 2. The molecule has 0 unspecified atom stereocenters. The number of carbonyl (C=O) groups excluding carboxylic acids is 2. The van der Waals surface area contributed by atoms with Crippen molar-refractivity contribution in [3.63, 3.8) is 0 Å². The van der Waals surface area contributed by atoms with Crippen LogP contribution < -0.4 is 15.4 Å². The van der Waals surface area contributed by atoms with Crippen LogP contribution in [0, 0.1) is 0 Å². The molecule has 0 aliphatic carbocycles. The van der Waals surface area contributed by atoms with Gasteiger partial charge in [0.15, 0.2) is 11.5 Å². The number of hydrogen-bond acceptors (Lipinski definition) is 5. The smallest absolute Gasteiger partial charge is 0.291 e. The minimum absolute atomic E-state index is 0.00845. The van der Waals surface area contributed by atoms with Gasteiger partial charge in [-0.3, -0.25) is 9.59 Å². The molecule has 0 fully saturated rings. The Labute approximate surface area is 170 Å². The third-order valence-corrected chi connectivity index (χ3v) is 4.09. The number of ether oxygens (including phenoxy) is 1. The molecule has 144 valence electrons. The molecular weight excluding hydrogens is 405 g/mol. The molecule has 0 bridgehead atoms. The average Bonchev–Trinajstić information content (AvgIpc) is 3.20. The summed E-state index contributed by atoms with van der Waals surface area (Å²) in [6.07, 6.45) is 1.38. The Morgan fingerprint density at radius 2 is 1.86 bits per heavy atom. The van der Waals surface area contributed by atoms with Crippen molar-refractivity contribution in [2.75, 3.05) is 17.2 Å². The third-order valence-electron chi connectivity index (χ3n) is 3.55. The number of furan rings is 1. The number of amides is 2. The van der Waals surface area contributed by atoms with E-state index in [2.05, 4.69) is 15.6 Å². The second-order valence-corrected chi connectivity index (χ2v) is 6.33. The molecule has 0 aliphatic rings. The van der Waals surface area contributed by atoms with E-state index in [1.807, 2.05) is 0 Å². The summed E-state index contributed by atoms with van der Waals surface area (Å²) in [5.41, 5.74) is 0.596. The summed E-state index contributed by atoms with van der Waals surface area (Å²) in [6, 6.07) is 10.8. The molecular formula is C19H15Cl2N3O4. The molecule has 0 atom stereocenters. The van der Waals surface area contributed by atoms with E-state index in [0.29, 0.717) is 23.0 Å². The van der Waals surface area contributed by atoms with Gasteiger partial charge in [0.25, 0.3) is 11.8 Å². The number of hydrogen-bond donors (Lipinski definition) is 2. The van der Waals surface area contributed by atoms with Crippen molar-refractivity contribution in [2.45, 2.75) is 6.92 Å². The van der Waals surface area contributed by atoms with E-state index in [9.17, 15) is 9.59 Å². The van der Waals surface area contributed by atoms with Gasteiger partial charge in [-0.1, -0.05) is 23.2 Å². The van der Waals surface area contributed by atoms with Gasteiger partial charge in [-0.15, -0.1) is 0 Å². The first kappa shape index (κ1) is 19.7. The van der Waals surface area contributed by atoms with Gasteiger partial charge in [0.05, 0.1) is 29.3 Å². The Bertz CT molecular complexity index is 1010. The van der Waals surface area contributed by atoms with E-state index in [4.69, 9.17) is 32.4 Å². The van der Waals surface area contributed by atoms with Crippen molar-refractivity contribution in [1.82, 2.24) is 4.98 Å². The third kappa shape index (κ3) is 4.62. The highest BCUT2D eigenvalue weighted by Gasteiger charge is 2.17. The molecule has 0 radical (unpaired) electrons. The highest BCUT2D eigenvalue weighted by atomic mass is 35.5. The highest BCUT2D eigenvalue weighted by molar-refractivity contribution is 6.34. The number of anilines is 2. The predicted octanol–water partition coefficient (Wildman–Crippen LogP) is 4.88. The summed E-state index contributed by atoms with van der Waals surface area (Å²) in [4.78, 5) is 29.0. The minimum Gasteiger partial charge on any atom is -0.478 e. The molecule has 0 saturated heterocycles. The van der Waals surface area contributed by atoms with Crippen molar-refractivity contribution < 1.29 is 18.7 Å². The molecule has 2 aromatic heterocycles. The van der Waals surface area contributed by atoms with E-state index in [1.165, 1.54) is 24.5 Å². The lowest BCUT2D eigenvalue weighted by atomic mass is 10.2. The lowest BCUT2D eigenvalue weighted by Crippen LogP contribution is -2.18. The van der Waals surface area contributed by atoms with E-state index < -0.39 is 11.8 Å². The number of rotatable bonds is 6. The van der Waals surface area contributed by atoms with E-state index in [-0.39, 0.29) is 22.4 Å². The first-order valence-corrected chi connectivity index (χ1v) is 8.98. The van der Waals surface area contributed by atoms with Crippen LogP contribution in [0.4, 0.5) is 11.4 Å². The Morgan fingerprint density at radius 1 is 1.07 bits per heavy atom. The molecule has 3 aromatic rings. The maximum atomic E-state index is 12.7. The van der Waals surface area contributed by atoms with Crippen LogP contribution in [0.3, 0.4) is 0 Å². The van der Waals surface area contributed by atoms with Crippen molar-refractivity contribution >= 4 is 46.4 Å². The molecule has 0 saturated carbocycles. The molecule has 9 heteroatoms. The maximum Gasteiger partial charge on any atom is 0.291 e. The summed E-state index contributed by atoms with van der Waals surface area (Å²) in [5.74, 6) is -0.662. The number of benzene rings is 1. The number of carbonyl (C=O) groups is 2. The summed E-state index contributed by atoms with van der Waals surface area (Å²) in [5, 5.41) is 5.86. The molecule has 2 heterocycles. The van der Waals surface area contributed by atoms with Crippen LogP contribution >= 0.6 is 23.2 Å². The normalized spacial score (nSPS) is 10.4. The van der Waals surface area contributed by atoms with Crippen molar-refractivity contribution in [3.8, 4) is 5.88 Å². The first-order chi connectivity index (χ1) is 13.5. The highest BCUT2D eigenvalue weighted by Crippen LogP contribution is 2.28. The predicted molar refractivity (Wildman–Crippen MR) is 106 cm³/mol. The Hall–Kier alpha value is -3.03. The fourth-order valence-electron chi connectivity index (χ4n) is 2.31. The topological polar surface area (TPSA) is 93.5 Å². The molecule has 28 heavy (non-hydrogen) atoms. The van der Waals surface area contributed by atoms with Gasteiger partial charge in [0, 0.05) is 11.1 Å². The monoisotopic (exact) mass is 419 g/mol. The average molecular weight is 420 g/mol. The van der Waals surface area contributed by atoms with Gasteiger partial charge >= 0.3 is 0 Å². The fourth-order valence-corrected chi connectivity index (χ4v) is 2.68. The van der Waals surface area contributed by atoms with Crippen LogP contribution in [0.1, 0.15) is 28.0 Å². The summed E-state index contributed by atoms with van der Waals surface area (Å²) >= 11 is 12.1. The Kier molecular flexibility index (Phi) is 6.18. The Balaban J connectivity index is 1.85. The molecule has 0 spiro atoms. The fraction of sp³-hybridized carbons (Fsp3) is 0.105. The van der Waals surface area contributed by atoms with E-state index in [0.717, 1.165) is 0 Å². The van der Waals surface area contributed by atoms with Crippen LogP contribution in [0.25, 0.3) is 0 Å². The summed E-state index contributed by atoms with van der Waals surface area (Å²) in [6.45, 7) is 2.20. The molecule has 2 amide bonds. The SMILES string of the molecule is CCOc1ccc(Cl)c(C(=O)Nc2ccc(Cl)cc2NC(=O)c2ccco2)n1. The molecule has 2 N–H and O–H groups in total. The van der Waals surface area contributed by atoms with Gasteiger partial charge in [-0.25, -0.2) is 4.98 Å². The molecule has 0 aliphatic heterocycles. The van der Waals surface area contributed by atoms with E-state index >= 15 is 0 Å². The van der Waals surface area contributed by atoms with Crippen molar-refractivity contribution in [2.24, 2.45) is 0 Å². The zero-order valence-electron chi connectivity index (χ0n) is 14.7. The number of aromatic nitrogens is 1. The number of nitrogens with zero attached hydrogens (tertiary/aromatic N) is 1. The zero-order valence-corrected chi connectivity index (χ0v) is 16.2. The van der Waals surface area contributed by atoms with Crippen LogP contribution in [0.15, 0.2) is 53.1 Å². The first-order valence-electron chi connectivity index (χ1n) is 8.23. The number of halogens is 2. The van der Waals surface area contributed by atoms with Crippen molar-refractivity contribution in [1.29, 1.82) is 0 Å². The molecule has 1 aromatic carbocycles. The van der Waals surface area contributed by atoms with Crippen LogP contribution in [0.2, 0.25) is 10.0 Å². The largest absolute Gasteiger partial charge is 0.478 e. The second-order valence-electron chi connectivity index (χ2n) is 5.49. The van der Waals surface area contributed by atoms with Gasteiger partial charge in [-0.2, -0.15) is 0 Å².